The fourth-order valence-corrected chi connectivity index (χ4v) is 6.00. The highest BCUT2D eigenvalue weighted by atomic mass is 16.5. The maximum atomic E-state index is 6.44. The Hall–Kier alpha value is -4.38. The van der Waals surface area contributed by atoms with Gasteiger partial charge in [-0.15, -0.1) is 0 Å². The topological polar surface area (TPSA) is 44.9 Å². The zero-order valence-electron chi connectivity index (χ0n) is 23.3. The lowest BCUT2D eigenvalue weighted by atomic mass is 9.73. The molecular formula is C34H32N4O. The van der Waals surface area contributed by atoms with Crippen molar-refractivity contribution in [2.75, 3.05) is 0 Å². The number of ether oxygens (including phenoxy) is 1. The minimum Gasteiger partial charge on any atom is -0.457 e. The van der Waals surface area contributed by atoms with Crippen LogP contribution in [0.2, 0.25) is 0 Å². The Morgan fingerprint density at radius 2 is 1.62 bits per heavy atom. The summed E-state index contributed by atoms with van der Waals surface area (Å²) in [6, 6.07) is 23.6. The largest absolute Gasteiger partial charge is 0.457 e. The zero-order valence-corrected chi connectivity index (χ0v) is 23.3. The van der Waals surface area contributed by atoms with Crippen LogP contribution in [-0.2, 0) is 17.9 Å². The Labute approximate surface area is 228 Å². The summed E-state index contributed by atoms with van der Waals surface area (Å²) in [6.07, 6.45) is 5.66. The van der Waals surface area contributed by atoms with E-state index >= 15 is 0 Å². The first kappa shape index (κ1) is 23.7. The molecule has 5 heteroatoms. The van der Waals surface area contributed by atoms with Gasteiger partial charge in [-0.2, -0.15) is 0 Å². The van der Waals surface area contributed by atoms with Gasteiger partial charge in [0.05, 0.1) is 11.0 Å². The van der Waals surface area contributed by atoms with E-state index < -0.39 is 0 Å². The maximum absolute atomic E-state index is 6.44. The van der Waals surface area contributed by atoms with E-state index in [0.29, 0.717) is 0 Å². The van der Waals surface area contributed by atoms with Crippen molar-refractivity contribution < 1.29 is 4.74 Å². The van der Waals surface area contributed by atoms with Crippen molar-refractivity contribution in [2.24, 2.45) is 7.05 Å². The summed E-state index contributed by atoms with van der Waals surface area (Å²) in [7, 11) is 2.00. The monoisotopic (exact) mass is 512 g/mol. The summed E-state index contributed by atoms with van der Waals surface area (Å²) in [6.45, 7) is 11.5. The molecular weight excluding hydrogens is 480 g/mol. The minimum absolute atomic E-state index is 0.0334. The van der Waals surface area contributed by atoms with Crippen LogP contribution in [0, 0.1) is 0 Å². The summed E-state index contributed by atoms with van der Waals surface area (Å²) in [5, 5.41) is 2.47. The van der Waals surface area contributed by atoms with Crippen LogP contribution < -0.4 is 4.74 Å². The van der Waals surface area contributed by atoms with Crippen molar-refractivity contribution in [3.05, 3.63) is 102 Å². The molecule has 0 bridgehead atoms. The second-order valence-electron chi connectivity index (χ2n) is 12.2. The average molecular weight is 513 g/mol. The van der Waals surface area contributed by atoms with Gasteiger partial charge in [0.2, 0.25) is 0 Å². The predicted octanol–water partition coefficient (Wildman–Crippen LogP) is 8.31. The van der Waals surface area contributed by atoms with E-state index in [-0.39, 0.29) is 10.8 Å². The molecule has 0 N–H and O–H groups in total. The Balaban J connectivity index is 1.45. The SMILES string of the molecule is Cn1ccnc1-c1cccc(Oc2ccc3c4cc(C(C)(C)C)cc5c4n(c3c2)-c2ncccc2C5(C)C)c1. The van der Waals surface area contributed by atoms with Gasteiger partial charge in [0.25, 0.3) is 0 Å². The molecule has 7 rings (SSSR count). The van der Waals surface area contributed by atoms with Crippen LogP contribution in [0.3, 0.4) is 0 Å². The smallest absolute Gasteiger partial charge is 0.141 e. The summed E-state index contributed by atoms with van der Waals surface area (Å²) >= 11 is 0. The number of benzene rings is 3. The van der Waals surface area contributed by atoms with E-state index in [2.05, 4.69) is 86.6 Å². The number of hydrogen-bond acceptors (Lipinski definition) is 3. The van der Waals surface area contributed by atoms with Crippen LogP contribution >= 0.6 is 0 Å². The molecule has 0 saturated carbocycles. The van der Waals surface area contributed by atoms with Gasteiger partial charge in [-0.1, -0.05) is 58.9 Å². The van der Waals surface area contributed by atoms with Gasteiger partial charge in [0.1, 0.15) is 23.1 Å². The van der Waals surface area contributed by atoms with Gasteiger partial charge >= 0.3 is 0 Å². The summed E-state index contributed by atoms with van der Waals surface area (Å²) in [5.74, 6) is 3.47. The third kappa shape index (κ3) is 3.53. The predicted molar refractivity (Wildman–Crippen MR) is 158 cm³/mol. The molecule has 0 aliphatic carbocycles. The number of hydrogen-bond donors (Lipinski definition) is 0. The van der Waals surface area contributed by atoms with Crippen LogP contribution in [0.25, 0.3) is 39.0 Å². The molecule has 0 spiro atoms. The van der Waals surface area contributed by atoms with Crippen LogP contribution in [0.1, 0.15) is 51.3 Å². The molecule has 0 unspecified atom stereocenters. The van der Waals surface area contributed by atoms with E-state index in [1.807, 2.05) is 54.5 Å². The van der Waals surface area contributed by atoms with Gasteiger partial charge in [-0.25, -0.2) is 9.97 Å². The lowest BCUT2D eigenvalue weighted by Crippen LogP contribution is -2.28. The van der Waals surface area contributed by atoms with Gasteiger partial charge in [0.15, 0.2) is 0 Å². The number of nitrogens with zero attached hydrogens (tertiary/aromatic N) is 4. The van der Waals surface area contributed by atoms with Crippen LogP contribution in [0.4, 0.5) is 0 Å². The van der Waals surface area contributed by atoms with E-state index in [4.69, 9.17) is 9.72 Å². The fraction of sp³-hybridized carbons (Fsp3) is 0.235. The highest BCUT2D eigenvalue weighted by Crippen LogP contribution is 2.48. The molecule has 0 fully saturated rings. The number of aromatic nitrogens is 4. The van der Waals surface area contributed by atoms with Crippen LogP contribution in [0.15, 0.2) is 85.3 Å². The van der Waals surface area contributed by atoms with Crippen molar-refractivity contribution >= 4 is 21.8 Å². The van der Waals surface area contributed by atoms with Crippen molar-refractivity contribution in [2.45, 2.75) is 45.4 Å². The Morgan fingerprint density at radius 1 is 0.795 bits per heavy atom. The average Bonchev–Trinajstić information content (AvgIpc) is 3.48. The van der Waals surface area contributed by atoms with Gasteiger partial charge in [-0.3, -0.25) is 4.57 Å². The molecule has 0 saturated heterocycles. The van der Waals surface area contributed by atoms with E-state index in [1.165, 1.54) is 33.0 Å². The lowest BCUT2D eigenvalue weighted by Gasteiger charge is -2.35. The van der Waals surface area contributed by atoms with Crippen molar-refractivity contribution in [1.82, 2.24) is 19.1 Å². The normalized spacial score (nSPS) is 14.1. The minimum atomic E-state index is -0.168. The molecule has 3 aromatic heterocycles. The first-order valence-corrected chi connectivity index (χ1v) is 13.5. The molecule has 5 nitrogen and oxygen atoms in total. The second-order valence-corrected chi connectivity index (χ2v) is 12.2. The van der Waals surface area contributed by atoms with Crippen molar-refractivity contribution in [3.8, 4) is 28.7 Å². The van der Waals surface area contributed by atoms with Crippen LogP contribution in [0.5, 0.6) is 11.5 Å². The summed E-state index contributed by atoms with van der Waals surface area (Å²) < 4.78 is 10.8. The number of rotatable bonds is 3. The molecule has 0 amide bonds. The zero-order chi connectivity index (χ0) is 27.1. The van der Waals surface area contributed by atoms with Crippen molar-refractivity contribution in [3.63, 3.8) is 0 Å². The van der Waals surface area contributed by atoms with Gasteiger partial charge < -0.3 is 9.30 Å². The van der Waals surface area contributed by atoms with Gasteiger partial charge in [0, 0.05) is 59.0 Å². The molecule has 39 heavy (non-hydrogen) atoms. The fourth-order valence-electron chi connectivity index (χ4n) is 6.00. The summed E-state index contributed by atoms with van der Waals surface area (Å²) in [5.41, 5.74) is 7.14. The summed E-state index contributed by atoms with van der Waals surface area (Å²) in [4.78, 5) is 9.40. The number of imidazole rings is 1. The third-order valence-electron chi connectivity index (χ3n) is 8.19. The van der Waals surface area contributed by atoms with Crippen LogP contribution in [-0.4, -0.2) is 19.1 Å². The first-order chi connectivity index (χ1) is 18.6. The van der Waals surface area contributed by atoms with E-state index in [1.54, 1.807) is 0 Å². The molecule has 1 aliphatic rings. The Morgan fingerprint density at radius 3 is 2.38 bits per heavy atom. The quantitative estimate of drug-likeness (QED) is 0.239. The molecule has 1 aliphatic heterocycles. The third-order valence-corrected chi connectivity index (χ3v) is 8.19. The molecule has 0 radical (unpaired) electrons. The number of aryl methyl sites for hydroxylation is 1. The standard InChI is InChI=1S/C34H32N4O/c1-33(2,3)22-18-26-25-13-12-24(39-23-10-7-9-21(17-23)31-36-15-16-37(31)6)20-29(25)38-30(26)28(19-22)34(4,5)27-11-8-14-35-32(27)38/h7-20H,1-6H3. The number of fused-ring (bicyclic) bond motifs is 5. The molecule has 194 valence electrons. The maximum Gasteiger partial charge on any atom is 0.141 e. The molecule has 0 atom stereocenters. The first-order valence-electron chi connectivity index (χ1n) is 13.5. The number of pyridine rings is 1. The van der Waals surface area contributed by atoms with Crippen molar-refractivity contribution in [1.29, 1.82) is 0 Å². The lowest BCUT2D eigenvalue weighted by molar-refractivity contribution is 0.483. The highest BCUT2D eigenvalue weighted by molar-refractivity contribution is 6.12. The second kappa shape index (κ2) is 8.06. The van der Waals surface area contributed by atoms with E-state index in [9.17, 15) is 0 Å². The Bertz CT molecular complexity index is 1920. The molecule has 4 heterocycles. The molecule has 6 aromatic rings. The molecule has 3 aromatic carbocycles. The van der Waals surface area contributed by atoms with E-state index in [0.717, 1.165) is 34.2 Å². The Kier molecular flexibility index (Phi) is 4.90. The highest BCUT2D eigenvalue weighted by Gasteiger charge is 2.37. The van der Waals surface area contributed by atoms with Gasteiger partial charge in [-0.05, 0) is 52.9 Å².